The number of morpholine rings is 1. The number of nitrogens with two attached hydrogens (primary N) is 1. The van der Waals surface area contributed by atoms with Crippen LogP contribution in [0.3, 0.4) is 0 Å². The Morgan fingerprint density at radius 1 is 1.37 bits per heavy atom. The highest BCUT2D eigenvalue weighted by atomic mass is 16.5. The van der Waals surface area contributed by atoms with Gasteiger partial charge < -0.3 is 20.2 Å². The van der Waals surface area contributed by atoms with Gasteiger partial charge in [-0.3, -0.25) is 4.68 Å². The average molecular weight is 267 g/mol. The van der Waals surface area contributed by atoms with Gasteiger partial charge in [0.1, 0.15) is 0 Å². The van der Waals surface area contributed by atoms with Crippen LogP contribution in [0.15, 0.2) is 0 Å². The molecular formula is C13H21N3O3. The van der Waals surface area contributed by atoms with Gasteiger partial charge in [0, 0.05) is 18.7 Å². The minimum Gasteiger partial charge on any atom is -0.461 e. The molecule has 0 radical (unpaired) electrons. The molecule has 2 N–H and O–H groups in total. The fourth-order valence-corrected chi connectivity index (χ4v) is 2.55. The third kappa shape index (κ3) is 2.40. The number of esters is 1. The van der Waals surface area contributed by atoms with Gasteiger partial charge in [0.25, 0.3) is 0 Å². The van der Waals surface area contributed by atoms with Crippen LogP contribution in [0.5, 0.6) is 0 Å². The molecule has 0 atom stereocenters. The maximum absolute atomic E-state index is 12.0. The SMILES string of the molecule is CCOC(=O)c1c(C)c(N2CCOCC2)c(C)n1N. The lowest BCUT2D eigenvalue weighted by Crippen LogP contribution is -2.36. The van der Waals surface area contributed by atoms with Crippen molar-refractivity contribution < 1.29 is 14.3 Å². The Labute approximate surface area is 113 Å². The Morgan fingerprint density at radius 3 is 2.58 bits per heavy atom. The van der Waals surface area contributed by atoms with Gasteiger partial charge in [0.05, 0.1) is 31.2 Å². The second-order valence-corrected chi connectivity index (χ2v) is 4.60. The topological polar surface area (TPSA) is 69.7 Å². The molecule has 2 rings (SSSR count). The number of nitrogens with zero attached hydrogens (tertiary/aromatic N) is 2. The molecule has 19 heavy (non-hydrogen) atoms. The maximum Gasteiger partial charge on any atom is 0.357 e. The van der Waals surface area contributed by atoms with Crippen LogP contribution in [0.1, 0.15) is 28.7 Å². The molecule has 6 nitrogen and oxygen atoms in total. The van der Waals surface area contributed by atoms with Gasteiger partial charge in [0.15, 0.2) is 5.69 Å². The van der Waals surface area contributed by atoms with E-state index in [1.54, 1.807) is 6.92 Å². The molecule has 1 aromatic rings. The molecule has 6 heteroatoms. The smallest absolute Gasteiger partial charge is 0.357 e. The van der Waals surface area contributed by atoms with E-state index in [0.29, 0.717) is 25.5 Å². The Morgan fingerprint density at radius 2 is 2.00 bits per heavy atom. The van der Waals surface area contributed by atoms with E-state index in [0.717, 1.165) is 30.0 Å². The quantitative estimate of drug-likeness (QED) is 0.649. The molecule has 0 saturated carbocycles. The number of hydrogen-bond donors (Lipinski definition) is 1. The number of aromatic nitrogens is 1. The fraction of sp³-hybridized carbons (Fsp3) is 0.615. The van der Waals surface area contributed by atoms with Crippen LogP contribution in [0.2, 0.25) is 0 Å². The number of carbonyl (C=O) groups is 1. The summed E-state index contributed by atoms with van der Waals surface area (Å²) in [6.07, 6.45) is 0. The molecule has 0 amide bonds. The Bertz CT molecular complexity index is 476. The third-order valence-electron chi connectivity index (χ3n) is 3.45. The second kappa shape index (κ2) is 5.52. The van der Waals surface area contributed by atoms with Crippen LogP contribution in [0.4, 0.5) is 5.69 Å². The highest BCUT2D eigenvalue weighted by Crippen LogP contribution is 2.30. The van der Waals surface area contributed by atoms with Gasteiger partial charge in [0.2, 0.25) is 0 Å². The molecule has 0 bridgehead atoms. The summed E-state index contributed by atoms with van der Waals surface area (Å²) in [6, 6.07) is 0. The summed E-state index contributed by atoms with van der Waals surface area (Å²) in [5.74, 6) is 5.63. The molecule has 1 aliphatic rings. The lowest BCUT2D eigenvalue weighted by atomic mass is 10.2. The molecule has 0 unspecified atom stereocenters. The van der Waals surface area contributed by atoms with Gasteiger partial charge >= 0.3 is 5.97 Å². The Kier molecular flexibility index (Phi) is 3.99. The largest absolute Gasteiger partial charge is 0.461 e. The summed E-state index contributed by atoms with van der Waals surface area (Å²) in [7, 11) is 0. The van der Waals surface area contributed by atoms with Crippen molar-refractivity contribution in [2.75, 3.05) is 43.7 Å². The van der Waals surface area contributed by atoms with E-state index < -0.39 is 0 Å². The van der Waals surface area contributed by atoms with Crippen molar-refractivity contribution in [3.63, 3.8) is 0 Å². The minimum absolute atomic E-state index is 0.343. The van der Waals surface area contributed by atoms with Crippen LogP contribution in [-0.4, -0.2) is 43.6 Å². The number of nitrogen functional groups attached to an aromatic ring is 1. The molecule has 1 aromatic heterocycles. The number of anilines is 1. The van der Waals surface area contributed by atoms with Gasteiger partial charge in [-0.1, -0.05) is 0 Å². The lowest BCUT2D eigenvalue weighted by molar-refractivity contribution is 0.0515. The first-order chi connectivity index (χ1) is 9.07. The third-order valence-corrected chi connectivity index (χ3v) is 3.45. The van der Waals surface area contributed by atoms with E-state index in [-0.39, 0.29) is 5.97 Å². The molecule has 1 saturated heterocycles. The predicted octanol–water partition coefficient (Wildman–Crippen LogP) is 0.832. The highest BCUT2D eigenvalue weighted by molar-refractivity contribution is 5.92. The van der Waals surface area contributed by atoms with Gasteiger partial charge in [-0.15, -0.1) is 0 Å². The van der Waals surface area contributed by atoms with E-state index in [4.69, 9.17) is 15.3 Å². The van der Waals surface area contributed by atoms with Crippen LogP contribution < -0.4 is 10.7 Å². The molecule has 2 heterocycles. The first-order valence-corrected chi connectivity index (χ1v) is 6.54. The predicted molar refractivity (Wildman–Crippen MR) is 73.0 cm³/mol. The molecule has 1 fully saturated rings. The molecule has 0 aromatic carbocycles. The van der Waals surface area contributed by atoms with E-state index in [9.17, 15) is 4.79 Å². The zero-order chi connectivity index (χ0) is 14.0. The van der Waals surface area contributed by atoms with Crippen LogP contribution in [-0.2, 0) is 9.47 Å². The van der Waals surface area contributed by atoms with Crippen LogP contribution in [0.25, 0.3) is 0 Å². The minimum atomic E-state index is -0.370. The average Bonchev–Trinajstić information content (AvgIpc) is 2.62. The summed E-state index contributed by atoms with van der Waals surface area (Å²) < 4.78 is 11.8. The fourth-order valence-electron chi connectivity index (χ4n) is 2.55. The monoisotopic (exact) mass is 267 g/mol. The van der Waals surface area contributed by atoms with Crippen molar-refractivity contribution in [2.45, 2.75) is 20.8 Å². The second-order valence-electron chi connectivity index (χ2n) is 4.60. The van der Waals surface area contributed by atoms with Crippen molar-refractivity contribution in [1.29, 1.82) is 0 Å². The van der Waals surface area contributed by atoms with Gasteiger partial charge in [-0.2, -0.15) is 0 Å². The van der Waals surface area contributed by atoms with Crippen LogP contribution in [0, 0.1) is 13.8 Å². The normalized spacial score (nSPS) is 15.6. The molecule has 0 spiro atoms. The molecular weight excluding hydrogens is 246 g/mol. The maximum atomic E-state index is 12.0. The summed E-state index contributed by atoms with van der Waals surface area (Å²) in [5.41, 5.74) is 3.21. The first kappa shape index (κ1) is 13.7. The zero-order valence-corrected chi connectivity index (χ0v) is 11.7. The van der Waals surface area contributed by atoms with Crippen LogP contribution >= 0.6 is 0 Å². The molecule has 0 aliphatic carbocycles. The summed E-state index contributed by atoms with van der Waals surface area (Å²) in [6.45, 7) is 8.98. The Hall–Kier alpha value is -1.69. The number of carbonyl (C=O) groups excluding carboxylic acids is 1. The van der Waals surface area contributed by atoms with Crippen molar-refractivity contribution in [3.05, 3.63) is 17.0 Å². The number of rotatable bonds is 3. The summed E-state index contributed by atoms with van der Waals surface area (Å²) in [4.78, 5) is 14.2. The first-order valence-electron chi connectivity index (χ1n) is 6.54. The zero-order valence-electron chi connectivity index (χ0n) is 11.7. The summed E-state index contributed by atoms with van der Waals surface area (Å²) in [5, 5.41) is 0. The Balaban J connectivity index is 2.39. The summed E-state index contributed by atoms with van der Waals surface area (Å²) >= 11 is 0. The molecule has 1 aliphatic heterocycles. The highest BCUT2D eigenvalue weighted by Gasteiger charge is 2.26. The van der Waals surface area contributed by atoms with E-state index in [1.807, 2.05) is 13.8 Å². The van der Waals surface area contributed by atoms with E-state index >= 15 is 0 Å². The number of hydrogen-bond acceptors (Lipinski definition) is 5. The standard InChI is InChI=1S/C13H21N3O3/c1-4-19-13(17)12-9(2)11(10(3)16(12)14)15-5-7-18-8-6-15/h4-8,14H2,1-3H3. The lowest BCUT2D eigenvalue weighted by Gasteiger charge is -2.29. The van der Waals surface area contributed by atoms with E-state index in [2.05, 4.69) is 4.90 Å². The van der Waals surface area contributed by atoms with Crippen molar-refractivity contribution >= 4 is 11.7 Å². The van der Waals surface area contributed by atoms with E-state index in [1.165, 1.54) is 4.68 Å². The van der Waals surface area contributed by atoms with Gasteiger partial charge in [-0.05, 0) is 20.8 Å². The van der Waals surface area contributed by atoms with Crippen molar-refractivity contribution in [1.82, 2.24) is 4.68 Å². The van der Waals surface area contributed by atoms with Crippen molar-refractivity contribution in [3.8, 4) is 0 Å². The van der Waals surface area contributed by atoms with Crippen molar-refractivity contribution in [2.24, 2.45) is 0 Å². The molecule has 106 valence electrons. The number of ether oxygens (including phenoxy) is 2. The van der Waals surface area contributed by atoms with Gasteiger partial charge in [-0.25, -0.2) is 4.79 Å².